The van der Waals surface area contributed by atoms with Crippen molar-refractivity contribution in [1.82, 2.24) is 0 Å². The summed E-state index contributed by atoms with van der Waals surface area (Å²) in [7, 11) is 0. The van der Waals surface area contributed by atoms with Crippen LogP contribution >= 0.6 is 15.9 Å². The van der Waals surface area contributed by atoms with E-state index in [-0.39, 0.29) is 6.10 Å². The predicted octanol–water partition coefficient (Wildman–Crippen LogP) is 1.87. The predicted molar refractivity (Wildman–Crippen MR) is 71.1 cm³/mol. The van der Waals surface area contributed by atoms with Gasteiger partial charge in [-0.3, -0.25) is 0 Å². The molecule has 20 heavy (non-hydrogen) atoms. The van der Waals surface area contributed by atoms with Crippen molar-refractivity contribution in [3.05, 3.63) is 4.91 Å². The quantitative estimate of drug-likeness (QED) is 0.429. The first kappa shape index (κ1) is 14.8. The molecule has 0 aliphatic carbocycles. The van der Waals surface area contributed by atoms with E-state index in [4.69, 9.17) is 23.7 Å². The van der Waals surface area contributed by atoms with Crippen molar-refractivity contribution in [2.75, 3.05) is 6.61 Å². The second-order valence-electron chi connectivity index (χ2n) is 6.17. The molecule has 0 unspecified atom stereocenters. The number of halogens is 1. The highest BCUT2D eigenvalue weighted by Gasteiger charge is 2.66. The zero-order chi connectivity index (χ0) is 14.8. The Morgan fingerprint density at radius 3 is 2.25 bits per heavy atom. The number of ether oxygens (including phenoxy) is 5. The van der Waals surface area contributed by atoms with Crippen LogP contribution in [0.4, 0.5) is 0 Å². The van der Waals surface area contributed by atoms with Crippen LogP contribution in [0.2, 0.25) is 0 Å². The van der Waals surface area contributed by atoms with Gasteiger partial charge in [0, 0.05) is 0 Å². The first-order valence-corrected chi connectivity index (χ1v) is 7.34. The molecule has 8 heteroatoms. The summed E-state index contributed by atoms with van der Waals surface area (Å²) in [5.41, 5.74) is 0. The van der Waals surface area contributed by atoms with Gasteiger partial charge in [-0.1, -0.05) is 0 Å². The highest BCUT2D eigenvalue weighted by atomic mass is 79.9. The average Bonchev–Trinajstić information content (AvgIpc) is 2.92. The van der Waals surface area contributed by atoms with E-state index >= 15 is 0 Å². The zero-order valence-electron chi connectivity index (χ0n) is 11.8. The fourth-order valence-electron chi connectivity index (χ4n) is 2.87. The van der Waals surface area contributed by atoms with Crippen molar-refractivity contribution < 1.29 is 23.7 Å². The van der Waals surface area contributed by atoms with Crippen molar-refractivity contribution >= 4 is 15.9 Å². The summed E-state index contributed by atoms with van der Waals surface area (Å²) in [6.45, 7) is 7.60. The Labute approximate surface area is 125 Å². The number of rotatable bonds is 2. The highest BCUT2D eigenvalue weighted by molar-refractivity contribution is 9.10. The van der Waals surface area contributed by atoms with E-state index in [1.54, 1.807) is 13.8 Å². The summed E-state index contributed by atoms with van der Waals surface area (Å²) in [6.07, 6.45) is -1.88. The van der Waals surface area contributed by atoms with Crippen LogP contribution in [0.15, 0.2) is 5.18 Å². The number of alkyl halides is 1. The molecule has 3 aliphatic rings. The van der Waals surface area contributed by atoms with Gasteiger partial charge < -0.3 is 23.7 Å². The second-order valence-corrected chi connectivity index (χ2v) is 7.31. The van der Waals surface area contributed by atoms with Gasteiger partial charge in [-0.25, -0.2) is 0 Å². The lowest BCUT2D eigenvalue weighted by molar-refractivity contribution is -0.209. The zero-order valence-corrected chi connectivity index (χ0v) is 13.4. The molecule has 5 atom stereocenters. The summed E-state index contributed by atoms with van der Waals surface area (Å²) >= 11 is 3.22. The van der Waals surface area contributed by atoms with E-state index in [1.165, 1.54) is 0 Å². The Balaban J connectivity index is 1.84. The number of nitroso groups, excluding NO2 is 1. The lowest BCUT2D eigenvalue weighted by Gasteiger charge is -2.27. The third kappa shape index (κ3) is 2.32. The maximum absolute atomic E-state index is 11.1. The molecule has 0 aromatic heterocycles. The van der Waals surface area contributed by atoms with E-state index < -0.39 is 34.5 Å². The fraction of sp³-hybridized carbons (Fsp3) is 1.00. The van der Waals surface area contributed by atoms with Crippen molar-refractivity contribution in [3.63, 3.8) is 0 Å². The van der Waals surface area contributed by atoms with Crippen molar-refractivity contribution in [1.29, 1.82) is 0 Å². The Morgan fingerprint density at radius 2 is 1.70 bits per heavy atom. The Bertz CT molecular complexity index is 430. The smallest absolute Gasteiger partial charge is 0.285 e. The molecule has 7 nitrogen and oxygen atoms in total. The number of fused-ring (bicyclic) bond motifs is 1. The molecule has 114 valence electrons. The molecule has 3 rings (SSSR count). The van der Waals surface area contributed by atoms with Gasteiger partial charge in [-0.15, -0.1) is 4.91 Å². The lowest BCUT2D eigenvalue weighted by atomic mass is 10.1. The third-order valence-corrected chi connectivity index (χ3v) is 4.41. The van der Waals surface area contributed by atoms with Gasteiger partial charge in [0.05, 0.1) is 6.61 Å². The number of hydrogen-bond donors (Lipinski definition) is 0. The minimum Gasteiger partial charge on any atom is -0.348 e. The Hall–Kier alpha value is -0.120. The molecule has 3 saturated heterocycles. The van der Waals surface area contributed by atoms with E-state index in [9.17, 15) is 4.91 Å². The largest absolute Gasteiger partial charge is 0.348 e. The molecule has 0 bridgehead atoms. The van der Waals surface area contributed by atoms with Crippen LogP contribution in [0.25, 0.3) is 0 Å². The van der Waals surface area contributed by atoms with Crippen LogP contribution in [-0.2, 0) is 23.7 Å². The standard InChI is InChI=1S/C12H18BrNO6/c1-10(2)16-5-6(17-10)7-8-9(12(13,14-15)19-7)20-11(3,4)18-8/h6-9H,5H2,1-4H3/t6-,7+,8-,9-,12-/m0/s1. The van der Waals surface area contributed by atoms with Crippen molar-refractivity contribution in [2.24, 2.45) is 5.18 Å². The minimum absolute atomic E-state index is 0.337. The van der Waals surface area contributed by atoms with Gasteiger partial charge in [0.1, 0.15) is 18.3 Å². The van der Waals surface area contributed by atoms with Crippen LogP contribution in [-0.4, -0.2) is 47.2 Å². The van der Waals surface area contributed by atoms with Gasteiger partial charge in [0.15, 0.2) is 17.7 Å². The summed E-state index contributed by atoms with van der Waals surface area (Å²) in [5.74, 6) is -1.47. The number of hydrogen-bond acceptors (Lipinski definition) is 7. The highest BCUT2D eigenvalue weighted by Crippen LogP contribution is 2.49. The SMILES string of the molecule is CC1(C)OC[C@@H]([C@H]2O[C@@](Br)(N=O)[C@H]3OC(C)(C)O[C@@H]23)O1. The molecule has 0 N–H and O–H groups in total. The average molecular weight is 352 g/mol. The van der Waals surface area contributed by atoms with Gasteiger partial charge in [-0.2, -0.15) is 0 Å². The first-order chi connectivity index (χ1) is 9.16. The maximum Gasteiger partial charge on any atom is 0.285 e. The van der Waals surface area contributed by atoms with Gasteiger partial charge in [-0.05, 0) is 48.8 Å². The summed E-state index contributed by atoms with van der Waals surface area (Å²) in [4.78, 5) is 11.1. The Morgan fingerprint density at radius 1 is 1.00 bits per heavy atom. The molecule has 0 radical (unpaired) electrons. The monoisotopic (exact) mass is 351 g/mol. The summed E-state index contributed by atoms with van der Waals surface area (Å²) < 4.78 is 27.2. The number of nitrogens with zero attached hydrogens (tertiary/aromatic N) is 1. The second kappa shape index (κ2) is 4.44. The van der Waals surface area contributed by atoms with Crippen LogP contribution in [0.1, 0.15) is 27.7 Å². The molecule has 3 fully saturated rings. The minimum atomic E-state index is -1.45. The molecule has 0 aromatic carbocycles. The molecular weight excluding hydrogens is 334 g/mol. The topological polar surface area (TPSA) is 75.6 Å². The molecule has 0 aromatic rings. The lowest BCUT2D eigenvalue weighted by Crippen LogP contribution is -2.40. The molecule has 0 saturated carbocycles. The summed E-state index contributed by atoms with van der Waals surface area (Å²) in [5, 5.41) is 3.03. The van der Waals surface area contributed by atoms with Crippen LogP contribution in [0, 0.1) is 4.91 Å². The maximum atomic E-state index is 11.1. The van der Waals surface area contributed by atoms with E-state index in [1.807, 2.05) is 13.8 Å². The van der Waals surface area contributed by atoms with Gasteiger partial charge in [0.2, 0.25) is 0 Å². The van der Waals surface area contributed by atoms with Crippen molar-refractivity contribution in [2.45, 2.75) is 68.3 Å². The Kier molecular flexibility index (Phi) is 3.28. The third-order valence-electron chi connectivity index (χ3n) is 3.63. The van der Waals surface area contributed by atoms with Gasteiger partial charge in [0.25, 0.3) is 4.63 Å². The van der Waals surface area contributed by atoms with Crippen LogP contribution in [0.5, 0.6) is 0 Å². The molecule has 0 amide bonds. The molecular formula is C12H18BrNO6. The summed E-state index contributed by atoms with van der Waals surface area (Å²) in [6, 6.07) is 0. The molecule has 3 heterocycles. The van der Waals surface area contributed by atoms with E-state index in [0.717, 1.165) is 0 Å². The van der Waals surface area contributed by atoms with E-state index in [0.29, 0.717) is 6.61 Å². The van der Waals surface area contributed by atoms with Crippen molar-refractivity contribution in [3.8, 4) is 0 Å². The van der Waals surface area contributed by atoms with Crippen LogP contribution < -0.4 is 0 Å². The van der Waals surface area contributed by atoms with Crippen LogP contribution in [0.3, 0.4) is 0 Å². The molecule has 3 aliphatic heterocycles. The fourth-order valence-corrected chi connectivity index (χ4v) is 3.44. The molecule has 0 spiro atoms. The first-order valence-electron chi connectivity index (χ1n) is 6.54. The van der Waals surface area contributed by atoms with Gasteiger partial charge >= 0.3 is 0 Å². The normalized spacial score (nSPS) is 49.2. The van der Waals surface area contributed by atoms with E-state index in [2.05, 4.69) is 21.1 Å².